The summed E-state index contributed by atoms with van der Waals surface area (Å²) in [5.41, 5.74) is -2.27. The molecule has 3 amide bonds. The predicted molar refractivity (Wildman–Crippen MR) is 88.3 cm³/mol. The van der Waals surface area contributed by atoms with Gasteiger partial charge in [-0.3, -0.25) is 9.69 Å². The van der Waals surface area contributed by atoms with Crippen LogP contribution in [0.4, 0.5) is 26.7 Å². The van der Waals surface area contributed by atoms with Crippen LogP contribution in [-0.4, -0.2) is 16.8 Å². The summed E-state index contributed by atoms with van der Waals surface area (Å²) < 4.78 is 68.1. The van der Waals surface area contributed by atoms with Crippen LogP contribution in [0.1, 0.15) is 30.9 Å². The van der Waals surface area contributed by atoms with Crippen molar-refractivity contribution in [3.05, 3.63) is 70.5 Å². The Labute approximate surface area is 156 Å². The van der Waals surface area contributed by atoms with Crippen molar-refractivity contribution in [2.24, 2.45) is 0 Å². The standard InChI is InChI=1S/C19H15F5N2O2/c1-2-8-19(10-6-4-3-5-7-10)17(27)26(18(28)25-19)9-11-12(20)14(22)16(24)15(23)13(11)21/h3-7H,2,8-9H2,1H3,(H,25,28). The molecule has 2 aromatic carbocycles. The lowest BCUT2D eigenvalue weighted by Crippen LogP contribution is -2.43. The number of amides is 3. The molecule has 0 spiro atoms. The third-order valence-corrected chi connectivity index (χ3v) is 4.68. The van der Waals surface area contributed by atoms with E-state index in [1.54, 1.807) is 37.3 Å². The molecular weight excluding hydrogens is 383 g/mol. The maximum atomic E-state index is 14.0. The van der Waals surface area contributed by atoms with E-state index < -0.39 is 58.7 Å². The van der Waals surface area contributed by atoms with Gasteiger partial charge in [0.2, 0.25) is 5.82 Å². The van der Waals surface area contributed by atoms with Gasteiger partial charge >= 0.3 is 6.03 Å². The minimum atomic E-state index is -2.31. The van der Waals surface area contributed by atoms with Crippen molar-refractivity contribution in [3.63, 3.8) is 0 Å². The van der Waals surface area contributed by atoms with Crippen molar-refractivity contribution < 1.29 is 31.5 Å². The summed E-state index contributed by atoms with van der Waals surface area (Å²) in [6, 6.07) is 7.24. The Hall–Kier alpha value is -2.97. The fourth-order valence-corrected chi connectivity index (χ4v) is 3.32. The van der Waals surface area contributed by atoms with Gasteiger partial charge in [0.05, 0.1) is 6.54 Å². The fourth-order valence-electron chi connectivity index (χ4n) is 3.32. The van der Waals surface area contributed by atoms with Crippen molar-refractivity contribution in [2.75, 3.05) is 0 Å². The number of imide groups is 1. The molecule has 1 unspecified atom stereocenters. The topological polar surface area (TPSA) is 49.4 Å². The second-order valence-corrected chi connectivity index (χ2v) is 6.39. The third-order valence-electron chi connectivity index (χ3n) is 4.68. The molecule has 0 radical (unpaired) electrons. The minimum Gasteiger partial charge on any atom is -0.319 e. The van der Waals surface area contributed by atoms with E-state index in [4.69, 9.17) is 0 Å². The summed E-state index contributed by atoms with van der Waals surface area (Å²) in [7, 11) is 0. The monoisotopic (exact) mass is 398 g/mol. The van der Waals surface area contributed by atoms with E-state index in [0.717, 1.165) is 0 Å². The van der Waals surface area contributed by atoms with Crippen LogP contribution in [0.3, 0.4) is 0 Å². The van der Waals surface area contributed by atoms with Gasteiger partial charge in [0.15, 0.2) is 23.3 Å². The largest absolute Gasteiger partial charge is 0.325 e. The molecule has 1 aliphatic heterocycles. The number of benzene rings is 2. The molecule has 0 bridgehead atoms. The van der Waals surface area contributed by atoms with Crippen LogP contribution in [0.2, 0.25) is 0 Å². The molecule has 1 aliphatic rings. The molecule has 2 aromatic rings. The van der Waals surface area contributed by atoms with E-state index in [1.807, 2.05) is 0 Å². The second-order valence-electron chi connectivity index (χ2n) is 6.39. The number of nitrogens with zero attached hydrogens (tertiary/aromatic N) is 1. The first kappa shape index (κ1) is 19.8. The number of hydrogen-bond donors (Lipinski definition) is 1. The van der Waals surface area contributed by atoms with Crippen molar-refractivity contribution in [2.45, 2.75) is 31.8 Å². The molecule has 3 rings (SSSR count). The van der Waals surface area contributed by atoms with Crippen molar-refractivity contribution >= 4 is 11.9 Å². The molecule has 1 atom stereocenters. The lowest BCUT2D eigenvalue weighted by Gasteiger charge is -2.27. The maximum absolute atomic E-state index is 14.0. The zero-order valence-corrected chi connectivity index (χ0v) is 14.7. The van der Waals surface area contributed by atoms with Crippen LogP contribution in [0, 0.1) is 29.1 Å². The molecule has 28 heavy (non-hydrogen) atoms. The van der Waals surface area contributed by atoms with Gasteiger partial charge in [-0.1, -0.05) is 43.7 Å². The summed E-state index contributed by atoms with van der Waals surface area (Å²) in [5, 5.41) is 2.52. The van der Waals surface area contributed by atoms with E-state index in [-0.39, 0.29) is 6.42 Å². The van der Waals surface area contributed by atoms with Gasteiger partial charge in [0.25, 0.3) is 5.91 Å². The number of urea groups is 1. The lowest BCUT2D eigenvalue weighted by atomic mass is 9.85. The molecule has 0 saturated carbocycles. The summed E-state index contributed by atoms with van der Waals surface area (Å²) in [6.45, 7) is 0.686. The molecule has 148 valence electrons. The number of carbonyl (C=O) groups is 2. The number of rotatable bonds is 5. The Bertz CT molecular complexity index is 922. The summed E-state index contributed by atoms with van der Waals surface area (Å²) in [6.07, 6.45) is 0.673. The first-order chi connectivity index (χ1) is 13.2. The molecule has 4 nitrogen and oxygen atoms in total. The van der Waals surface area contributed by atoms with Crippen molar-refractivity contribution in [1.82, 2.24) is 10.2 Å². The van der Waals surface area contributed by atoms with E-state index in [9.17, 15) is 31.5 Å². The van der Waals surface area contributed by atoms with Gasteiger partial charge in [0, 0.05) is 5.56 Å². The summed E-state index contributed by atoms with van der Waals surface area (Å²) >= 11 is 0. The van der Waals surface area contributed by atoms with Crippen molar-refractivity contribution in [1.29, 1.82) is 0 Å². The van der Waals surface area contributed by atoms with Gasteiger partial charge in [0.1, 0.15) is 5.54 Å². The average Bonchev–Trinajstić information content (AvgIpc) is 2.93. The molecule has 1 N–H and O–H groups in total. The molecule has 0 aromatic heterocycles. The number of hydrogen-bond acceptors (Lipinski definition) is 2. The number of carbonyl (C=O) groups excluding carboxylic acids is 2. The lowest BCUT2D eigenvalue weighted by molar-refractivity contribution is -0.132. The minimum absolute atomic E-state index is 0.190. The van der Waals surface area contributed by atoms with E-state index in [2.05, 4.69) is 5.32 Å². The molecule has 1 fully saturated rings. The fraction of sp³-hybridized carbons (Fsp3) is 0.263. The molecule has 9 heteroatoms. The quantitative estimate of drug-likeness (QED) is 0.356. The highest BCUT2D eigenvalue weighted by Crippen LogP contribution is 2.35. The Balaban J connectivity index is 2.04. The Morgan fingerprint density at radius 2 is 1.43 bits per heavy atom. The van der Waals surface area contributed by atoms with Crippen molar-refractivity contribution in [3.8, 4) is 0 Å². The first-order valence-corrected chi connectivity index (χ1v) is 8.44. The zero-order chi connectivity index (χ0) is 20.6. The third kappa shape index (κ3) is 2.90. The summed E-state index contributed by atoms with van der Waals surface area (Å²) in [4.78, 5) is 25.9. The Morgan fingerprint density at radius 1 is 0.893 bits per heavy atom. The Morgan fingerprint density at radius 3 is 1.96 bits per heavy atom. The van der Waals surface area contributed by atoms with Gasteiger partial charge < -0.3 is 5.32 Å². The van der Waals surface area contributed by atoms with Crippen LogP contribution in [0.15, 0.2) is 30.3 Å². The SMILES string of the molecule is CCCC1(c2ccccc2)NC(=O)N(Cc2c(F)c(F)c(F)c(F)c2F)C1=O. The van der Waals surface area contributed by atoms with E-state index >= 15 is 0 Å². The maximum Gasteiger partial charge on any atom is 0.325 e. The van der Waals surface area contributed by atoms with Crippen LogP contribution < -0.4 is 5.32 Å². The number of nitrogens with one attached hydrogen (secondary N) is 1. The normalized spacial score (nSPS) is 19.3. The molecular formula is C19H15F5N2O2. The van der Waals surface area contributed by atoms with Crippen LogP contribution in [0.5, 0.6) is 0 Å². The molecule has 1 saturated heterocycles. The van der Waals surface area contributed by atoms with Gasteiger partial charge in [-0.05, 0) is 12.0 Å². The van der Waals surface area contributed by atoms with E-state index in [1.165, 1.54) is 0 Å². The zero-order valence-electron chi connectivity index (χ0n) is 14.7. The van der Waals surface area contributed by atoms with Gasteiger partial charge in [-0.2, -0.15) is 0 Å². The average molecular weight is 398 g/mol. The molecule has 1 heterocycles. The smallest absolute Gasteiger partial charge is 0.319 e. The number of halogens is 5. The predicted octanol–water partition coefficient (Wildman–Crippen LogP) is 4.13. The van der Waals surface area contributed by atoms with E-state index in [0.29, 0.717) is 16.9 Å². The highest BCUT2D eigenvalue weighted by Gasteiger charge is 2.52. The highest BCUT2D eigenvalue weighted by atomic mass is 19.2. The summed E-state index contributed by atoms with van der Waals surface area (Å²) in [5.74, 6) is -11.6. The van der Waals surface area contributed by atoms with Crippen LogP contribution >= 0.6 is 0 Å². The van der Waals surface area contributed by atoms with Gasteiger partial charge in [-0.25, -0.2) is 26.7 Å². The second kappa shape index (κ2) is 7.21. The highest BCUT2D eigenvalue weighted by molar-refractivity contribution is 6.07. The van der Waals surface area contributed by atoms with Gasteiger partial charge in [-0.15, -0.1) is 0 Å². The van der Waals surface area contributed by atoms with Crippen LogP contribution in [-0.2, 0) is 16.9 Å². The molecule has 0 aliphatic carbocycles. The first-order valence-electron chi connectivity index (χ1n) is 8.44. The Kier molecular flexibility index (Phi) is 5.10. The van der Waals surface area contributed by atoms with Crippen LogP contribution in [0.25, 0.3) is 0 Å².